The van der Waals surface area contributed by atoms with Crippen LogP contribution in [0.3, 0.4) is 0 Å². The second-order valence-corrected chi connectivity index (χ2v) is 5.75. The van der Waals surface area contributed by atoms with Gasteiger partial charge in [0.25, 0.3) is 0 Å². The first-order valence-electron chi connectivity index (χ1n) is 7.29. The maximum Gasteiger partial charge on any atom is 0.237 e. The Kier molecular flexibility index (Phi) is 4.84. The lowest BCUT2D eigenvalue weighted by Gasteiger charge is -2.17. The highest BCUT2D eigenvalue weighted by molar-refractivity contribution is 5.81. The van der Waals surface area contributed by atoms with Crippen molar-refractivity contribution in [3.05, 3.63) is 0 Å². The molecular weight excluding hydrogens is 212 g/mol. The summed E-state index contributed by atoms with van der Waals surface area (Å²) in [6.45, 7) is 2.96. The topological polar surface area (TPSA) is 41.1 Å². The zero-order valence-corrected chi connectivity index (χ0v) is 11.0. The average Bonchev–Trinajstić information content (AvgIpc) is 3.01. The summed E-state index contributed by atoms with van der Waals surface area (Å²) < 4.78 is 0. The molecule has 0 heterocycles. The number of amides is 1. The van der Waals surface area contributed by atoms with E-state index in [1.807, 2.05) is 6.92 Å². The van der Waals surface area contributed by atoms with E-state index in [0.717, 1.165) is 12.5 Å². The van der Waals surface area contributed by atoms with Gasteiger partial charge in [-0.25, -0.2) is 0 Å². The predicted molar refractivity (Wildman–Crippen MR) is 69.8 cm³/mol. The summed E-state index contributed by atoms with van der Waals surface area (Å²) in [4.78, 5) is 11.9. The van der Waals surface area contributed by atoms with Crippen molar-refractivity contribution in [2.24, 2.45) is 5.92 Å². The fourth-order valence-electron chi connectivity index (χ4n) is 2.60. The van der Waals surface area contributed by atoms with Gasteiger partial charge in [0.2, 0.25) is 5.91 Å². The number of rotatable bonds is 7. The molecule has 2 saturated carbocycles. The van der Waals surface area contributed by atoms with Gasteiger partial charge in [-0.3, -0.25) is 4.79 Å². The molecular formula is C14H26N2O. The van der Waals surface area contributed by atoms with Crippen molar-refractivity contribution >= 4 is 5.91 Å². The summed E-state index contributed by atoms with van der Waals surface area (Å²) in [6.07, 6.45) is 10.3. The Bertz CT molecular complexity index is 245. The highest BCUT2D eigenvalue weighted by Gasteiger charge is 2.21. The summed E-state index contributed by atoms with van der Waals surface area (Å²) in [5.41, 5.74) is 0. The molecule has 3 nitrogen and oxygen atoms in total. The molecule has 1 unspecified atom stereocenters. The van der Waals surface area contributed by atoms with Crippen molar-refractivity contribution in [1.29, 1.82) is 0 Å². The largest absolute Gasteiger partial charge is 0.352 e. The number of hydrogen-bond donors (Lipinski definition) is 2. The van der Waals surface area contributed by atoms with Crippen molar-refractivity contribution in [1.82, 2.24) is 10.6 Å². The third-order valence-electron chi connectivity index (χ3n) is 4.03. The van der Waals surface area contributed by atoms with Crippen LogP contribution in [0, 0.1) is 5.92 Å². The molecule has 2 fully saturated rings. The first-order valence-corrected chi connectivity index (χ1v) is 7.29. The third kappa shape index (κ3) is 4.66. The standard InChI is InChI=1S/C14H26N2O/c1-11(15-10-4-5-12-8-9-12)14(17)16-13-6-2-3-7-13/h11-13,15H,2-10H2,1H3,(H,16,17). The molecule has 0 saturated heterocycles. The highest BCUT2D eigenvalue weighted by Crippen LogP contribution is 2.33. The number of carbonyl (C=O) groups excluding carboxylic acids is 1. The third-order valence-corrected chi connectivity index (χ3v) is 4.03. The van der Waals surface area contributed by atoms with E-state index in [1.165, 1.54) is 51.4 Å². The van der Waals surface area contributed by atoms with Gasteiger partial charge in [0, 0.05) is 6.04 Å². The second-order valence-electron chi connectivity index (χ2n) is 5.75. The summed E-state index contributed by atoms with van der Waals surface area (Å²) in [7, 11) is 0. The van der Waals surface area contributed by atoms with E-state index < -0.39 is 0 Å². The first kappa shape index (κ1) is 12.9. The number of hydrogen-bond acceptors (Lipinski definition) is 2. The molecule has 98 valence electrons. The quantitative estimate of drug-likeness (QED) is 0.668. The van der Waals surface area contributed by atoms with Crippen LogP contribution in [0.4, 0.5) is 0 Å². The van der Waals surface area contributed by atoms with E-state index in [4.69, 9.17) is 0 Å². The number of nitrogens with one attached hydrogen (secondary N) is 2. The first-order chi connectivity index (χ1) is 8.25. The van der Waals surface area contributed by atoms with Gasteiger partial charge in [-0.1, -0.05) is 25.7 Å². The van der Waals surface area contributed by atoms with Crippen LogP contribution in [0.5, 0.6) is 0 Å². The van der Waals surface area contributed by atoms with Crippen molar-refractivity contribution < 1.29 is 4.79 Å². The lowest BCUT2D eigenvalue weighted by atomic mass is 10.2. The fraction of sp³-hybridized carbons (Fsp3) is 0.929. The van der Waals surface area contributed by atoms with Crippen molar-refractivity contribution in [2.45, 2.75) is 70.4 Å². The second kappa shape index (κ2) is 6.39. The molecule has 1 amide bonds. The minimum atomic E-state index is -0.0326. The maximum absolute atomic E-state index is 11.9. The van der Waals surface area contributed by atoms with Crippen LogP contribution in [0.1, 0.15) is 58.3 Å². The van der Waals surface area contributed by atoms with Crippen LogP contribution in [0.25, 0.3) is 0 Å². The Balaban J connectivity index is 1.53. The fourth-order valence-corrected chi connectivity index (χ4v) is 2.60. The summed E-state index contributed by atoms with van der Waals surface area (Å²) in [5, 5.41) is 6.47. The van der Waals surface area contributed by atoms with E-state index in [9.17, 15) is 4.79 Å². The summed E-state index contributed by atoms with van der Waals surface area (Å²) in [6, 6.07) is 0.410. The van der Waals surface area contributed by atoms with Gasteiger partial charge in [-0.2, -0.15) is 0 Å². The van der Waals surface area contributed by atoms with Crippen molar-refractivity contribution in [2.75, 3.05) is 6.54 Å². The predicted octanol–water partition coefficient (Wildman–Crippen LogP) is 2.21. The highest BCUT2D eigenvalue weighted by atomic mass is 16.2. The van der Waals surface area contributed by atoms with E-state index >= 15 is 0 Å². The zero-order chi connectivity index (χ0) is 12.1. The lowest BCUT2D eigenvalue weighted by molar-refractivity contribution is -0.123. The van der Waals surface area contributed by atoms with Gasteiger partial charge < -0.3 is 10.6 Å². The summed E-state index contributed by atoms with van der Waals surface area (Å²) >= 11 is 0. The van der Waals surface area contributed by atoms with Crippen LogP contribution in [-0.4, -0.2) is 24.5 Å². The Morgan fingerprint density at radius 2 is 1.94 bits per heavy atom. The normalized spacial score (nSPS) is 22.6. The van der Waals surface area contributed by atoms with Crippen molar-refractivity contribution in [3.8, 4) is 0 Å². The van der Waals surface area contributed by atoms with Crippen LogP contribution in [-0.2, 0) is 4.79 Å². The Morgan fingerprint density at radius 3 is 2.59 bits per heavy atom. The Morgan fingerprint density at radius 1 is 1.24 bits per heavy atom. The number of carbonyl (C=O) groups is 1. The molecule has 0 bridgehead atoms. The van der Waals surface area contributed by atoms with Gasteiger partial charge in [-0.15, -0.1) is 0 Å². The van der Waals surface area contributed by atoms with Gasteiger partial charge >= 0.3 is 0 Å². The average molecular weight is 238 g/mol. The molecule has 3 heteroatoms. The molecule has 0 aromatic heterocycles. The summed E-state index contributed by atoms with van der Waals surface area (Å²) in [5.74, 6) is 1.18. The lowest BCUT2D eigenvalue weighted by Crippen LogP contribution is -2.45. The molecule has 0 aromatic carbocycles. The van der Waals surface area contributed by atoms with E-state index in [1.54, 1.807) is 0 Å². The SMILES string of the molecule is CC(NCCCC1CC1)C(=O)NC1CCCC1. The molecule has 0 spiro atoms. The molecule has 2 rings (SSSR count). The van der Waals surface area contributed by atoms with Crippen LogP contribution < -0.4 is 10.6 Å². The van der Waals surface area contributed by atoms with Crippen LogP contribution in [0.15, 0.2) is 0 Å². The van der Waals surface area contributed by atoms with Crippen LogP contribution in [0.2, 0.25) is 0 Å². The molecule has 0 radical (unpaired) electrons. The Hall–Kier alpha value is -0.570. The molecule has 17 heavy (non-hydrogen) atoms. The molecule has 2 N–H and O–H groups in total. The van der Waals surface area contributed by atoms with Gasteiger partial charge in [0.15, 0.2) is 0 Å². The molecule has 0 aromatic rings. The maximum atomic E-state index is 11.9. The van der Waals surface area contributed by atoms with Gasteiger partial charge in [0.05, 0.1) is 6.04 Å². The minimum absolute atomic E-state index is 0.0326. The smallest absolute Gasteiger partial charge is 0.237 e. The van der Waals surface area contributed by atoms with Gasteiger partial charge in [0.1, 0.15) is 0 Å². The van der Waals surface area contributed by atoms with E-state index in [-0.39, 0.29) is 11.9 Å². The minimum Gasteiger partial charge on any atom is -0.352 e. The molecule has 2 aliphatic carbocycles. The Labute approximate surface area is 105 Å². The molecule has 0 aliphatic heterocycles. The molecule has 1 atom stereocenters. The van der Waals surface area contributed by atoms with Gasteiger partial charge in [-0.05, 0) is 45.1 Å². The zero-order valence-electron chi connectivity index (χ0n) is 11.0. The molecule has 2 aliphatic rings. The van der Waals surface area contributed by atoms with Crippen LogP contribution >= 0.6 is 0 Å². The monoisotopic (exact) mass is 238 g/mol. The van der Waals surface area contributed by atoms with Crippen molar-refractivity contribution in [3.63, 3.8) is 0 Å². The van der Waals surface area contributed by atoms with E-state index in [2.05, 4.69) is 10.6 Å². The van der Waals surface area contributed by atoms with E-state index in [0.29, 0.717) is 6.04 Å².